The first kappa shape index (κ1) is 16.6. The lowest BCUT2D eigenvalue weighted by Crippen LogP contribution is -2.27. The van der Waals surface area contributed by atoms with Crippen LogP contribution in [0.4, 0.5) is 5.69 Å². The van der Waals surface area contributed by atoms with E-state index in [2.05, 4.69) is 15.0 Å². The molecule has 0 bridgehead atoms. The van der Waals surface area contributed by atoms with Crippen LogP contribution in [0.25, 0.3) is 0 Å². The molecule has 1 saturated carbocycles. The smallest absolute Gasteiger partial charge is 0.242 e. The molecule has 1 aromatic heterocycles. The Morgan fingerprint density at radius 2 is 1.92 bits per heavy atom. The maximum Gasteiger partial charge on any atom is 0.242 e. The number of hydrogen-bond acceptors (Lipinski definition) is 4. The number of rotatable bonds is 6. The van der Waals surface area contributed by atoms with Crippen molar-refractivity contribution in [2.24, 2.45) is 5.92 Å². The molecule has 0 radical (unpaired) electrons. The highest BCUT2D eigenvalue weighted by molar-refractivity contribution is 7.89. The van der Waals surface area contributed by atoms with Crippen molar-refractivity contribution in [3.05, 3.63) is 54.4 Å². The molecule has 1 aliphatic rings. The summed E-state index contributed by atoms with van der Waals surface area (Å²) in [6.07, 6.45) is 4.75. The summed E-state index contributed by atoms with van der Waals surface area (Å²) in [6.45, 7) is 1.77. The third-order valence-corrected chi connectivity index (χ3v) is 5.43. The summed E-state index contributed by atoms with van der Waals surface area (Å²) in [5.74, 6) is 0.197. The normalized spacial score (nSPS) is 15.7. The van der Waals surface area contributed by atoms with E-state index in [0.29, 0.717) is 0 Å². The van der Waals surface area contributed by atoms with E-state index in [1.165, 1.54) is 18.5 Å². The summed E-state index contributed by atoms with van der Waals surface area (Å²) in [6, 6.07) is 9.85. The number of carbonyl (C=O) groups excluding carboxylic acids is 1. The van der Waals surface area contributed by atoms with Crippen LogP contribution in [0, 0.1) is 5.92 Å². The van der Waals surface area contributed by atoms with Crippen molar-refractivity contribution in [3.63, 3.8) is 0 Å². The number of anilines is 1. The summed E-state index contributed by atoms with van der Waals surface area (Å²) >= 11 is 0. The number of aromatic nitrogens is 1. The Kier molecular flexibility index (Phi) is 4.64. The molecule has 2 aromatic rings. The van der Waals surface area contributed by atoms with Crippen LogP contribution in [-0.4, -0.2) is 19.3 Å². The van der Waals surface area contributed by atoms with Crippen LogP contribution >= 0.6 is 0 Å². The topological polar surface area (TPSA) is 88.2 Å². The Balaban J connectivity index is 1.66. The molecule has 3 rings (SSSR count). The number of amides is 1. The number of carbonyl (C=O) groups is 1. The number of nitrogens with one attached hydrogen (secondary N) is 2. The summed E-state index contributed by atoms with van der Waals surface area (Å²) < 4.78 is 27.2. The maximum atomic E-state index is 12.3. The number of hydrogen-bond donors (Lipinski definition) is 2. The molecule has 1 fully saturated rings. The van der Waals surface area contributed by atoms with Gasteiger partial charge in [-0.3, -0.25) is 9.78 Å². The van der Waals surface area contributed by atoms with Crippen molar-refractivity contribution in [1.29, 1.82) is 0 Å². The quantitative estimate of drug-likeness (QED) is 0.842. The number of sulfonamides is 1. The van der Waals surface area contributed by atoms with Gasteiger partial charge in [-0.2, -0.15) is 0 Å². The molecule has 24 heavy (non-hydrogen) atoms. The second-order valence-corrected chi connectivity index (χ2v) is 7.63. The minimum Gasteiger partial charge on any atom is -0.326 e. The molecule has 126 valence electrons. The minimum absolute atomic E-state index is 0.0491. The summed E-state index contributed by atoms with van der Waals surface area (Å²) in [5, 5.41) is 2.86. The predicted octanol–water partition coefficient (Wildman–Crippen LogP) is 2.47. The van der Waals surface area contributed by atoms with Gasteiger partial charge < -0.3 is 5.32 Å². The molecule has 0 saturated heterocycles. The third kappa shape index (κ3) is 3.98. The molecule has 1 aliphatic carbocycles. The van der Waals surface area contributed by atoms with Crippen LogP contribution in [0.2, 0.25) is 0 Å². The van der Waals surface area contributed by atoms with Crippen molar-refractivity contribution in [1.82, 2.24) is 9.71 Å². The van der Waals surface area contributed by atoms with E-state index in [4.69, 9.17) is 0 Å². The lowest BCUT2D eigenvalue weighted by atomic mass is 10.1. The minimum atomic E-state index is -3.62. The Labute approximate surface area is 141 Å². The van der Waals surface area contributed by atoms with Gasteiger partial charge in [0.25, 0.3) is 0 Å². The molecule has 6 nitrogen and oxygen atoms in total. The van der Waals surface area contributed by atoms with Gasteiger partial charge in [-0.15, -0.1) is 0 Å². The van der Waals surface area contributed by atoms with Crippen molar-refractivity contribution in [2.75, 3.05) is 5.32 Å². The highest BCUT2D eigenvalue weighted by Crippen LogP contribution is 2.30. The van der Waals surface area contributed by atoms with Gasteiger partial charge in [0.2, 0.25) is 15.9 Å². The summed E-state index contributed by atoms with van der Waals surface area (Å²) in [4.78, 5) is 15.7. The van der Waals surface area contributed by atoms with E-state index in [-0.39, 0.29) is 16.7 Å². The fourth-order valence-corrected chi connectivity index (χ4v) is 3.51. The highest BCUT2D eigenvalue weighted by Gasteiger charge is 2.29. The van der Waals surface area contributed by atoms with Crippen LogP contribution in [0.3, 0.4) is 0 Å². The van der Waals surface area contributed by atoms with E-state index >= 15 is 0 Å². The fraction of sp³-hybridized carbons (Fsp3) is 0.294. The van der Waals surface area contributed by atoms with Crippen molar-refractivity contribution in [2.45, 2.75) is 30.7 Å². The largest absolute Gasteiger partial charge is 0.326 e. The second kappa shape index (κ2) is 6.70. The molecule has 1 atom stereocenters. The molecule has 7 heteroatoms. The van der Waals surface area contributed by atoms with Gasteiger partial charge in [0, 0.05) is 30.0 Å². The first-order valence-corrected chi connectivity index (χ1v) is 9.27. The number of pyridine rings is 1. The molecule has 1 aromatic carbocycles. The second-order valence-electron chi connectivity index (χ2n) is 5.92. The van der Waals surface area contributed by atoms with Gasteiger partial charge in [-0.25, -0.2) is 13.1 Å². The monoisotopic (exact) mass is 345 g/mol. The average molecular weight is 345 g/mol. The lowest BCUT2D eigenvalue weighted by Gasteiger charge is -2.15. The van der Waals surface area contributed by atoms with Gasteiger partial charge in [-0.1, -0.05) is 12.1 Å². The van der Waals surface area contributed by atoms with E-state index in [0.717, 1.165) is 24.1 Å². The molecule has 0 aliphatic heterocycles. The lowest BCUT2D eigenvalue weighted by molar-refractivity contribution is -0.117. The van der Waals surface area contributed by atoms with Crippen molar-refractivity contribution < 1.29 is 13.2 Å². The van der Waals surface area contributed by atoms with Crippen LogP contribution in [0.5, 0.6) is 0 Å². The number of benzene rings is 1. The Morgan fingerprint density at radius 1 is 1.21 bits per heavy atom. The van der Waals surface area contributed by atoms with Crippen LogP contribution in [0.15, 0.2) is 53.7 Å². The van der Waals surface area contributed by atoms with E-state index in [9.17, 15) is 13.2 Å². The van der Waals surface area contributed by atoms with Crippen molar-refractivity contribution in [3.8, 4) is 0 Å². The van der Waals surface area contributed by atoms with Gasteiger partial charge in [0.1, 0.15) is 4.90 Å². The zero-order valence-corrected chi connectivity index (χ0v) is 14.1. The van der Waals surface area contributed by atoms with Gasteiger partial charge >= 0.3 is 0 Å². The average Bonchev–Trinajstić information content (AvgIpc) is 3.41. The van der Waals surface area contributed by atoms with E-state index in [1.54, 1.807) is 37.3 Å². The van der Waals surface area contributed by atoms with E-state index in [1.807, 2.05) is 0 Å². The first-order chi connectivity index (χ1) is 11.5. The van der Waals surface area contributed by atoms with Crippen LogP contribution in [0.1, 0.15) is 31.4 Å². The van der Waals surface area contributed by atoms with Crippen molar-refractivity contribution >= 4 is 21.6 Å². The SMILES string of the molecule is CC(NS(=O)(=O)c1cccnc1)c1ccc(NC(=O)C2CC2)cc1. The highest BCUT2D eigenvalue weighted by atomic mass is 32.2. The summed E-state index contributed by atoms with van der Waals surface area (Å²) in [7, 11) is -3.62. The van der Waals surface area contributed by atoms with Crippen LogP contribution in [-0.2, 0) is 14.8 Å². The number of nitrogens with zero attached hydrogens (tertiary/aromatic N) is 1. The van der Waals surface area contributed by atoms with Gasteiger partial charge in [0.05, 0.1) is 0 Å². The predicted molar refractivity (Wildman–Crippen MR) is 90.8 cm³/mol. The third-order valence-electron chi connectivity index (χ3n) is 3.90. The fourth-order valence-electron chi connectivity index (χ4n) is 2.32. The maximum absolute atomic E-state index is 12.3. The molecule has 0 spiro atoms. The molecule has 1 unspecified atom stereocenters. The molecular weight excluding hydrogens is 326 g/mol. The Morgan fingerprint density at radius 3 is 2.50 bits per heavy atom. The zero-order chi connectivity index (χ0) is 17.2. The first-order valence-electron chi connectivity index (χ1n) is 7.79. The van der Waals surface area contributed by atoms with E-state index < -0.39 is 16.1 Å². The van der Waals surface area contributed by atoms with Crippen LogP contribution < -0.4 is 10.0 Å². The Bertz CT molecular complexity index is 816. The van der Waals surface area contributed by atoms with Gasteiger partial charge in [-0.05, 0) is 49.6 Å². The zero-order valence-electron chi connectivity index (χ0n) is 13.3. The molecule has 1 heterocycles. The molecular formula is C17H19N3O3S. The summed E-state index contributed by atoms with van der Waals surface area (Å²) in [5.41, 5.74) is 1.53. The standard InChI is InChI=1S/C17H19N3O3S/c1-12(20-24(22,23)16-3-2-10-18-11-16)13-6-8-15(9-7-13)19-17(21)14-4-5-14/h2-3,6-12,14,20H,4-5H2,1H3,(H,19,21). The molecule has 1 amide bonds. The van der Waals surface area contributed by atoms with Gasteiger partial charge in [0.15, 0.2) is 0 Å². The molecule has 2 N–H and O–H groups in total. The Hall–Kier alpha value is -2.25.